The number of para-hydroxylation sites is 1. The van der Waals surface area contributed by atoms with Crippen LogP contribution in [0.2, 0.25) is 5.02 Å². The number of amides is 3. The molecule has 3 amide bonds. The normalized spacial score (nSPS) is 27.6. The van der Waals surface area contributed by atoms with Crippen LogP contribution in [0.1, 0.15) is 30.9 Å². The van der Waals surface area contributed by atoms with Gasteiger partial charge >= 0.3 is 0 Å². The van der Waals surface area contributed by atoms with Gasteiger partial charge < -0.3 is 10.3 Å². The number of rotatable bonds is 5. The van der Waals surface area contributed by atoms with Crippen LogP contribution in [0.4, 0.5) is 5.69 Å². The second kappa shape index (κ2) is 7.68. The lowest BCUT2D eigenvalue weighted by atomic mass is 9.76. The van der Waals surface area contributed by atoms with Crippen LogP contribution < -0.4 is 10.6 Å². The number of imide groups is 1. The molecule has 3 N–H and O–H groups in total. The van der Waals surface area contributed by atoms with E-state index in [1.165, 1.54) is 4.90 Å². The molecule has 0 unspecified atom stereocenters. The van der Waals surface area contributed by atoms with Crippen LogP contribution in [-0.4, -0.2) is 40.2 Å². The molecule has 3 aromatic rings. The molecular weight excluding hydrogens is 452 g/mol. The number of aromatic amines is 1. The number of hydrogen-bond donors (Lipinski definition) is 3. The molecule has 2 aromatic carbocycles. The van der Waals surface area contributed by atoms with Gasteiger partial charge in [0.25, 0.3) is 0 Å². The summed E-state index contributed by atoms with van der Waals surface area (Å²) in [5.41, 5.74) is 1.99. The molecule has 3 aliphatic heterocycles. The Labute approximate surface area is 201 Å². The highest BCUT2D eigenvalue weighted by Crippen LogP contribution is 2.53. The van der Waals surface area contributed by atoms with Crippen molar-refractivity contribution in [3.8, 4) is 0 Å². The van der Waals surface area contributed by atoms with Crippen molar-refractivity contribution in [1.82, 2.24) is 15.2 Å². The van der Waals surface area contributed by atoms with Crippen molar-refractivity contribution in [1.29, 1.82) is 0 Å². The van der Waals surface area contributed by atoms with E-state index in [-0.39, 0.29) is 23.8 Å². The molecule has 2 fully saturated rings. The Kier molecular flexibility index (Phi) is 4.83. The van der Waals surface area contributed by atoms with Gasteiger partial charge in [0.15, 0.2) is 0 Å². The van der Waals surface area contributed by atoms with Crippen molar-refractivity contribution in [3.63, 3.8) is 0 Å². The molecule has 1 spiro atoms. The van der Waals surface area contributed by atoms with E-state index in [1.807, 2.05) is 37.4 Å². The van der Waals surface area contributed by atoms with Gasteiger partial charge in [-0.25, -0.2) is 0 Å². The molecule has 2 saturated heterocycles. The number of benzene rings is 2. The number of fused-ring (bicyclic) bond motifs is 5. The summed E-state index contributed by atoms with van der Waals surface area (Å²) in [7, 11) is 0. The maximum atomic E-state index is 13.7. The van der Waals surface area contributed by atoms with Gasteiger partial charge in [0.2, 0.25) is 17.7 Å². The lowest BCUT2D eigenvalue weighted by Gasteiger charge is -2.29. The van der Waals surface area contributed by atoms with Gasteiger partial charge in [-0.3, -0.25) is 24.6 Å². The van der Waals surface area contributed by atoms with Crippen molar-refractivity contribution in [2.75, 3.05) is 11.9 Å². The zero-order valence-electron chi connectivity index (χ0n) is 18.7. The highest BCUT2D eigenvalue weighted by Gasteiger charge is 2.70. The highest BCUT2D eigenvalue weighted by molar-refractivity contribution is 6.31. The molecule has 0 aliphatic carbocycles. The summed E-state index contributed by atoms with van der Waals surface area (Å²) in [4.78, 5) is 45.5. The molecule has 8 heteroatoms. The van der Waals surface area contributed by atoms with E-state index in [9.17, 15) is 14.4 Å². The quantitative estimate of drug-likeness (QED) is 0.490. The first-order chi connectivity index (χ1) is 16.5. The van der Waals surface area contributed by atoms with Gasteiger partial charge in [0, 0.05) is 46.0 Å². The number of aromatic nitrogens is 1. The molecule has 7 nitrogen and oxygen atoms in total. The Balaban J connectivity index is 1.47. The van der Waals surface area contributed by atoms with Crippen LogP contribution in [0.25, 0.3) is 10.9 Å². The summed E-state index contributed by atoms with van der Waals surface area (Å²) in [5, 5.41) is 7.96. The average Bonchev–Trinajstić information content (AvgIpc) is 3.53. The van der Waals surface area contributed by atoms with Crippen molar-refractivity contribution >= 4 is 45.9 Å². The van der Waals surface area contributed by atoms with Crippen LogP contribution in [0, 0.1) is 11.8 Å². The third-order valence-electron chi connectivity index (χ3n) is 7.62. The monoisotopic (exact) mass is 476 g/mol. The molecule has 6 rings (SSSR count). The lowest BCUT2D eigenvalue weighted by Crippen LogP contribution is -2.53. The summed E-state index contributed by atoms with van der Waals surface area (Å²) in [5.74, 6) is -2.22. The predicted molar refractivity (Wildman–Crippen MR) is 129 cm³/mol. The number of carbonyl (C=O) groups is 3. The molecular formula is C26H25ClN4O3. The predicted octanol–water partition coefficient (Wildman–Crippen LogP) is 3.58. The van der Waals surface area contributed by atoms with Crippen molar-refractivity contribution in [3.05, 3.63) is 64.8 Å². The zero-order valence-corrected chi connectivity index (χ0v) is 19.5. The first kappa shape index (κ1) is 21.4. The first-order valence-electron chi connectivity index (χ1n) is 11.7. The van der Waals surface area contributed by atoms with E-state index in [4.69, 9.17) is 11.6 Å². The number of unbranched alkanes of at least 4 members (excludes halogenated alkanes) is 1. The van der Waals surface area contributed by atoms with E-state index in [2.05, 4.69) is 15.6 Å². The topological polar surface area (TPSA) is 94.3 Å². The fraction of sp³-hybridized carbons (Fsp3) is 0.346. The van der Waals surface area contributed by atoms with E-state index < -0.39 is 17.4 Å². The minimum Gasteiger partial charge on any atom is -0.361 e. The second-order valence-electron chi connectivity index (χ2n) is 9.45. The van der Waals surface area contributed by atoms with Crippen molar-refractivity contribution in [2.45, 2.75) is 37.8 Å². The van der Waals surface area contributed by atoms with Crippen LogP contribution in [0.15, 0.2) is 48.7 Å². The molecule has 34 heavy (non-hydrogen) atoms. The summed E-state index contributed by atoms with van der Waals surface area (Å²) < 4.78 is 0. The SMILES string of the molecule is CCCCN1C(=O)[C@@H]2[C@H](Cc3c[nH]c4ccccc34)N[C@]3(C(=O)Nc4ccc(Cl)cc43)[C@@H]2C1=O. The molecule has 4 atom stereocenters. The number of halogens is 1. The van der Waals surface area contributed by atoms with Crippen molar-refractivity contribution < 1.29 is 14.4 Å². The fourth-order valence-corrected chi connectivity index (χ4v) is 6.25. The molecule has 4 heterocycles. The number of nitrogens with one attached hydrogen (secondary N) is 3. The van der Waals surface area contributed by atoms with E-state index in [0.29, 0.717) is 29.2 Å². The molecule has 1 aromatic heterocycles. The Bertz CT molecular complexity index is 1350. The van der Waals surface area contributed by atoms with Crippen LogP contribution >= 0.6 is 11.6 Å². The highest BCUT2D eigenvalue weighted by atomic mass is 35.5. The Morgan fingerprint density at radius 3 is 2.74 bits per heavy atom. The van der Waals surface area contributed by atoms with E-state index in [1.54, 1.807) is 18.2 Å². The summed E-state index contributed by atoms with van der Waals surface area (Å²) in [6.07, 6.45) is 4.06. The van der Waals surface area contributed by atoms with Gasteiger partial charge in [-0.2, -0.15) is 0 Å². The molecule has 174 valence electrons. The molecule has 0 bridgehead atoms. The van der Waals surface area contributed by atoms with Crippen LogP contribution in [0.3, 0.4) is 0 Å². The summed E-state index contributed by atoms with van der Waals surface area (Å²) >= 11 is 6.32. The third-order valence-corrected chi connectivity index (χ3v) is 7.85. The van der Waals surface area contributed by atoms with E-state index in [0.717, 1.165) is 29.3 Å². The summed E-state index contributed by atoms with van der Waals surface area (Å²) in [6.45, 7) is 2.40. The number of carbonyl (C=O) groups excluding carboxylic acids is 3. The minimum atomic E-state index is -1.32. The zero-order chi connectivity index (χ0) is 23.6. The van der Waals surface area contributed by atoms with Crippen molar-refractivity contribution in [2.24, 2.45) is 11.8 Å². The molecule has 3 aliphatic rings. The Hall–Kier alpha value is -3.16. The molecule has 0 saturated carbocycles. The standard InChI is InChI=1S/C26H25ClN4O3/c1-2-3-10-31-23(32)21-20(11-14-13-28-18-7-5-4-6-16(14)18)30-26(22(21)24(31)33)17-12-15(27)8-9-19(17)29-25(26)34/h4-9,12-13,20-22,28,30H,2-3,10-11H2,1H3,(H,29,34)/t20-,21+,22-,26-/m0/s1. The van der Waals surface area contributed by atoms with E-state index >= 15 is 0 Å². The van der Waals surface area contributed by atoms with Crippen LogP contribution in [0.5, 0.6) is 0 Å². The van der Waals surface area contributed by atoms with Gasteiger partial charge in [0.1, 0.15) is 5.54 Å². The lowest BCUT2D eigenvalue weighted by molar-refractivity contribution is -0.142. The number of nitrogens with zero attached hydrogens (tertiary/aromatic N) is 1. The van der Waals surface area contributed by atoms with Gasteiger partial charge in [-0.15, -0.1) is 0 Å². The Morgan fingerprint density at radius 1 is 1.09 bits per heavy atom. The average molecular weight is 477 g/mol. The smallest absolute Gasteiger partial charge is 0.250 e. The number of likely N-dealkylation sites (tertiary alicyclic amines) is 1. The van der Waals surface area contributed by atoms with Crippen LogP contribution in [-0.2, 0) is 26.3 Å². The Morgan fingerprint density at radius 2 is 1.91 bits per heavy atom. The largest absolute Gasteiger partial charge is 0.361 e. The fourth-order valence-electron chi connectivity index (χ4n) is 6.08. The molecule has 0 radical (unpaired) electrons. The second-order valence-corrected chi connectivity index (χ2v) is 9.89. The number of hydrogen-bond acceptors (Lipinski definition) is 4. The van der Waals surface area contributed by atoms with Gasteiger partial charge in [-0.05, 0) is 42.7 Å². The maximum absolute atomic E-state index is 13.7. The van der Waals surface area contributed by atoms with Gasteiger partial charge in [-0.1, -0.05) is 43.1 Å². The van der Waals surface area contributed by atoms with Gasteiger partial charge in [0.05, 0.1) is 11.8 Å². The maximum Gasteiger partial charge on any atom is 0.250 e. The first-order valence-corrected chi connectivity index (χ1v) is 12.1. The number of H-pyrrole nitrogens is 1. The number of anilines is 1. The minimum absolute atomic E-state index is 0.194. The third kappa shape index (κ3) is 2.83. The summed E-state index contributed by atoms with van der Waals surface area (Å²) in [6, 6.07) is 12.8.